The zero-order valence-corrected chi connectivity index (χ0v) is 11.5. The van der Waals surface area contributed by atoms with Gasteiger partial charge in [-0.1, -0.05) is 18.2 Å². The number of hydrogen-bond acceptors (Lipinski definition) is 4. The number of aryl methyl sites for hydroxylation is 1. The average molecular weight is 283 g/mol. The maximum Gasteiger partial charge on any atom is 0.330 e. The number of hydrogen-bond donors (Lipinski definition) is 2. The highest BCUT2D eigenvalue weighted by molar-refractivity contribution is 7.91. The summed E-state index contributed by atoms with van der Waals surface area (Å²) in [5.74, 6) is -1.40. The Balaban J connectivity index is 2.36. The molecule has 0 radical (unpaired) electrons. The molecule has 1 unspecified atom stereocenters. The maximum atomic E-state index is 11.7. The molecule has 2 rings (SSSR count). The molecule has 104 valence electrons. The van der Waals surface area contributed by atoms with E-state index >= 15 is 0 Å². The van der Waals surface area contributed by atoms with Crippen LogP contribution >= 0.6 is 0 Å². The molecule has 1 aliphatic rings. The van der Waals surface area contributed by atoms with Gasteiger partial charge in [-0.25, -0.2) is 13.2 Å². The molecule has 0 aromatic heterocycles. The van der Waals surface area contributed by atoms with Crippen molar-refractivity contribution in [1.82, 2.24) is 0 Å². The van der Waals surface area contributed by atoms with Crippen LogP contribution in [0.15, 0.2) is 24.3 Å². The highest BCUT2D eigenvalue weighted by atomic mass is 32.2. The highest BCUT2D eigenvalue weighted by Gasteiger charge is 2.45. The molecule has 19 heavy (non-hydrogen) atoms. The predicted octanol–water partition coefficient (Wildman–Crippen LogP) is 1.44. The summed E-state index contributed by atoms with van der Waals surface area (Å²) < 4.78 is 23.5. The number of nitrogens with one attached hydrogen (secondary N) is 1. The van der Waals surface area contributed by atoms with Crippen molar-refractivity contribution < 1.29 is 18.3 Å². The van der Waals surface area contributed by atoms with Crippen molar-refractivity contribution >= 4 is 21.5 Å². The first-order chi connectivity index (χ1) is 8.85. The van der Waals surface area contributed by atoms with E-state index in [0.717, 1.165) is 5.56 Å². The summed E-state index contributed by atoms with van der Waals surface area (Å²) in [7, 11) is -3.31. The van der Waals surface area contributed by atoms with Gasteiger partial charge in [-0.15, -0.1) is 0 Å². The van der Waals surface area contributed by atoms with Crippen LogP contribution in [-0.2, 0) is 14.6 Å². The Morgan fingerprint density at radius 3 is 2.63 bits per heavy atom. The van der Waals surface area contributed by atoms with E-state index in [2.05, 4.69) is 5.32 Å². The summed E-state index contributed by atoms with van der Waals surface area (Å²) in [5, 5.41) is 12.4. The molecule has 0 spiro atoms. The summed E-state index contributed by atoms with van der Waals surface area (Å²) in [5.41, 5.74) is 0.150. The molecule has 1 atom stereocenters. The first-order valence-electron chi connectivity index (χ1n) is 6.12. The molecular formula is C13H17NO4S. The monoisotopic (exact) mass is 283 g/mol. The third-order valence-electron chi connectivity index (χ3n) is 3.45. The fourth-order valence-corrected chi connectivity index (χ4v) is 4.22. The van der Waals surface area contributed by atoms with Gasteiger partial charge in [0, 0.05) is 5.69 Å². The number of aliphatic carboxylic acids is 1. The zero-order chi connectivity index (χ0) is 14.1. The second-order valence-corrected chi connectivity index (χ2v) is 7.21. The average Bonchev–Trinajstić information content (AvgIpc) is 2.30. The van der Waals surface area contributed by atoms with E-state index in [1.807, 2.05) is 19.1 Å². The van der Waals surface area contributed by atoms with Gasteiger partial charge in [0.1, 0.15) is 5.54 Å². The number of carbonyl (C=O) groups is 1. The van der Waals surface area contributed by atoms with Gasteiger partial charge in [0.25, 0.3) is 0 Å². The lowest BCUT2D eigenvalue weighted by Gasteiger charge is -2.35. The van der Waals surface area contributed by atoms with Crippen molar-refractivity contribution in [2.75, 3.05) is 16.8 Å². The Bertz CT molecular complexity index is 596. The van der Waals surface area contributed by atoms with Crippen molar-refractivity contribution in [3.63, 3.8) is 0 Å². The smallest absolute Gasteiger partial charge is 0.330 e. The van der Waals surface area contributed by atoms with Crippen molar-refractivity contribution in [2.45, 2.75) is 25.3 Å². The Morgan fingerprint density at radius 2 is 2.05 bits per heavy atom. The van der Waals surface area contributed by atoms with Crippen LogP contribution in [0, 0.1) is 6.92 Å². The number of sulfone groups is 1. The van der Waals surface area contributed by atoms with E-state index in [0.29, 0.717) is 18.5 Å². The molecular weight excluding hydrogens is 266 g/mol. The lowest BCUT2D eigenvalue weighted by atomic mass is 9.94. The maximum absolute atomic E-state index is 11.7. The molecule has 1 fully saturated rings. The van der Waals surface area contributed by atoms with Crippen molar-refractivity contribution in [3.8, 4) is 0 Å². The van der Waals surface area contributed by atoms with E-state index < -0.39 is 21.3 Å². The Labute approximate surface area is 112 Å². The first-order valence-corrected chi connectivity index (χ1v) is 7.94. The van der Waals surface area contributed by atoms with Crippen molar-refractivity contribution in [3.05, 3.63) is 29.8 Å². The number of benzene rings is 1. The second kappa shape index (κ2) is 4.85. The minimum absolute atomic E-state index is 0.0669. The lowest BCUT2D eigenvalue weighted by molar-refractivity contribution is -0.141. The van der Waals surface area contributed by atoms with Crippen LogP contribution in [0.25, 0.3) is 0 Å². The quantitative estimate of drug-likeness (QED) is 0.877. The van der Waals surface area contributed by atoms with Crippen molar-refractivity contribution in [1.29, 1.82) is 0 Å². The number of anilines is 1. The van der Waals surface area contributed by atoms with Crippen LogP contribution in [0.3, 0.4) is 0 Å². The zero-order valence-electron chi connectivity index (χ0n) is 10.7. The number of rotatable bonds is 3. The van der Waals surface area contributed by atoms with Gasteiger partial charge in [-0.05, 0) is 31.4 Å². The standard InChI is InChI=1S/C13H17NO4S/c1-10-5-2-3-6-11(10)14-13(12(15)16)7-4-8-19(17,18)9-13/h2-3,5-6,14H,4,7-9H2,1H3,(H,15,16). The van der Waals surface area contributed by atoms with Crippen LogP contribution in [0.5, 0.6) is 0 Å². The van der Waals surface area contributed by atoms with Gasteiger partial charge in [0.15, 0.2) is 9.84 Å². The third kappa shape index (κ3) is 2.89. The molecule has 0 amide bonds. The summed E-state index contributed by atoms with van der Waals surface area (Å²) >= 11 is 0. The molecule has 1 aromatic carbocycles. The van der Waals surface area contributed by atoms with E-state index in [1.54, 1.807) is 12.1 Å². The van der Waals surface area contributed by atoms with Gasteiger partial charge >= 0.3 is 5.97 Å². The Morgan fingerprint density at radius 1 is 1.37 bits per heavy atom. The highest BCUT2D eigenvalue weighted by Crippen LogP contribution is 2.29. The molecule has 0 bridgehead atoms. The number of carboxylic acids is 1. The lowest BCUT2D eigenvalue weighted by Crippen LogP contribution is -2.54. The molecule has 1 aliphatic heterocycles. The molecule has 1 heterocycles. The molecule has 0 aliphatic carbocycles. The minimum atomic E-state index is -3.31. The molecule has 0 saturated carbocycles. The summed E-state index contributed by atoms with van der Waals surface area (Å²) in [4.78, 5) is 11.6. The summed E-state index contributed by atoms with van der Waals surface area (Å²) in [6.45, 7) is 1.86. The molecule has 2 N–H and O–H groups in total. The van der Waals surface area contributed by atoms with Gasteiger partial charge in [-0.2, -0.15) is 0 Å². The Kier molecular flexibility index (Phi) is 3.54. The summed E-state index contributed by atoms with van der Waals surface area (Å²) in [6, 6.07) is 7.27. The summed E-state index contributed by atoms with van der Waals surface area (Å²) in [6.07, 6.45) is 0.684. The third-order valence-corrected chi connectivity index (χ3v) is 5.30. The number of carboxylic acid groups (broad SMARTS) is 1. The van der Waals surface area contributed by atoms with Gasteiger partial charge in [-0.3, -0.25) is 0 Å². The van der Waals surface area contributed by atoms with E-state index in [-0.39, 0.29) is 11.5 Å². The van der Waals surface area contributed by atoms with Crippen LogP contribution in [0.1, 0.15) is 18.4 Å². The van der Waals surface area contributed by atoms with Gasteiger partial charge in [0.05, 0.1) is 11.5 Å². The van der Waals surface area contributed by atoms with Crippen LogP contribution in [0.2, 0.25) is 0 Å². The second-order valence-electron chi connectivity index (χ2n) is 5.02. The fraction of sp³-hybridized carbons (Fsp3) is 0.462. The molecule has 1 aromatic rings. The molecule has 6 heteroatoms. The van der Waals surface area contributed by atoms with Crippen LogP contribution in [-0.4, -0.2) is 36.5 Å². The topological polar surface area (TPSA) is 83.5 Å². The minimum Gasteiger partial charge on any atom is -0.479 e. The SMILES string of the molecule is Cc1ccccc1NC1(C(=O)O)CCCS(=O)(=O)C1. The first kappa shape index (κ1) is 13.9. The van der Waals surface area contributed by atoms with Gasteiger partial charge in [0.2, 0.25) is 0 Å². The largest absolute Gasteiger partial charge is 0.479 e. The van der Waals surface area contributed by atoms with E-state index in [4.69, 9.17) is 0 Å². The Hall–Kier alpha value is -1.56. The predicted molar refractivity (Wildman–Crippen MR) is 73.1 cm³/mol. The number of para-hydroxylation sites is 1. The van der Waals surface area contributed by atoms with E-state index in [9.17, 15) is 18.3 Å². The fourth-order valence-electron chi connectivity index (χ4n) is 2.41. The normalized spacial score (nSPS) is 25.7. The van der Waals surface area contributed by atoms with Crippen LogP contribution in [0.4, 0.5) is 5.69 Å². The van der Waals surface area contributed by atoms with E-state index in [1.165, 1.54) is 0 Å². The van der Waals surface area contributed by atoms with Crippen molar-refractivity contribution in [2.24, 2.45) is 0 Å². The van der Waals surface area contributed by atoms with Gasteiger partial charge < -0.3 is 10.4 Å². The van der Waals surface area contributed by atoms with Crippen LogP contribution < -0.4 is 5.32 Å². The molecule has 5 nitrogen and oxygen atoms in total. The molecule has 1 saturated heterocycles.